The number of aromatic nitrogens is 2. The van der Waals surface area contributed by atoms with Crippen LogP contribution in [0.1, 0.15) is 74.3 Å². The summed E-state index contributed by atoms with van der Waals surface area (Å²) in [5.41, 5.74) is 3.14. The first-order valence-corrected chi connectivity index (χ1v) is 15.1. The molecule has 7 rings (SSSR count). The monoisotopic (exact) mass is 554 g/mol. The summed E-state index contributed by atoms with van der Waals surface area (Å²) in [6.45, 7) is 7.16. The molecule has 2 unspecified atom stereocenters. The van der Waals surface area contributed by atoms with E-state index in [0.29, 0.717) is 36.6 Å². The highest BCUT2D eigenvalue weighted by Gasteiger charge is 2.49. The van der Waals surface area contributed by atoms with Crippen LogP contribution in [0.2, 0.25) is 5.02 Å². The van der Waals surface area contributed by atoms with Crippen molar-refractivity contribution in [3.8, 4) is 11.8 Å². The van der Waals surface area contributed by atoms with Crippen LogP contribution in [0, 0.1) is 5.92 Å². The zero-order chi connectivity index (χ0) is 26.8. The van der Waals surface area contributed by atoms with Crippen molar-refractivity contribution in [2.75, 3.05) is 37.7 Å². The van der Waals surface area contributed by atoms with E-state index in [9.17, 15) is 10.2 Å². The Kier molecular flexibility index (Phi) is 6.46. The molecule has 39 heavy (non-hydrogen) atoms. The number of aliphatic hydroxyl groups is 1. The number of anilines is 1. The Labute approximate surface area is 235 Å². The van der Waals surface area contributed by atoms with Crippen LogP contribution in [0.3, 0.4) is 0 Å². The fourth-order valence-electron chi connectivity index (χ4n) is 8.09. The van der Waals surface area contributed by atoms with Gasteiger partial charge in [0.15, 0.2) is 0 Å². The average molecular weight is 555 g/mol. The Morgan fingerprint density at radius 3 is 2.92 bits per heavy atom. The van der Waals surface area contributed by atoms with E-state index >= 15 is 0 Å². The molecule has 210 valence electrons. The number of rotatable bonds is 4. The summed E-state index contributed by atoms with van der Waals surface area (Å²) in [5, 5.41) is 21.8. The molecule has 2 aromatic rings. The smallest absolute Gasteiger partial charge is 0.318 e. The van der Waals surface area contributed by atoms with Crippen LogP contribution < -0.4 is 9.64 Å². The molecule has 3 saturated heterocycles. The predicted molar refractivity (Wildman–Crippen MR) is 149 cm³/mol. The lowest BCUT2D eigenvalue weighted by Crippen LogP contribution is -2.43. The molecule has 2 N–H and O–H groups in total. The Bertz CT molecular complexity index is 1280. The molecule has 0 saturated carbocycles. The molecule has 1 spiro atoms. The minimum Gasteiger partial charge on any atom is -0.508 e. The molecule has 0 amide bonds. The SMILES string of the molecule is C[C@H]1CN2CCC[C@@]2(COc2nc3c(c(N4CCCC(O)CC4)n2)COC2(CCc4c(Cl)ccc(O)c42)C3)C1. The predicted octanol–water partition coefficient (Wildman–Crippen LogP) is 4.35. The van der Waals surface area contributed by atoms with E-state index in [1.807, 2.05) is 0 Å². The van der Waals surface area contributed by atoms with Crippen molar-refractivity contribution < 1.29 is 19.7 Å². The van der Waals surface area contributed by atoms with E-state index in [0.717, 1.165) is 99.3 Å². The lowest BCUT2D eigenvalue weighted by molar-refractivity contribution is -0.0740. The summed E-state index contributed by atoms with van der Waals surface area (Å²) in [5.74, 6) is 1.78. The van der Waals surface area contributed by atoms with Crippen LogP contribution in [-0.2, 0) is 29.8 Å². The molecular weight excluding hydrogens is 516 g/mol. The number of nitrogens with zero attached hydrogens (tertiary/aromatic N) is 4. The Balaban J connectivity index is 1.24. The molecule has 8 nitrogen and oxygen atoms in total. The number of benzene rings is 1. The van der Waals surface area contributed by atoms with E-state index in [1.165, 1.54) is 6.42 Å². The minimum absolute atomic E-state index is 0.0861. The van der Waals surface area contributed by atoms with Gasteiger partial charge in [-0.3, -0.25) is 4.90 Å². The summed E-state index contributed by atoms with van der Waals surface area (Å²) in [7, 11) is 0. The van der Waals surface area contributed by atoms with Gasteiger partial charge in [0.25, 0.3) is 0 Å². The van der Waals surface area contributed by atoms with Gasteiger partial charge in [0, 0.05) is 42.2 Å². The van der Waals surface area contributed by atoms with E-state index in [1.54, 1.807) is 12.1 Å². The number of fused-ring (bicyclic) bond motifs is 4. The van der Waals surface area contributed by atoms with E-state index in [4.69, 9.17) is 31.0 Å². The molecule has 1 aromatic heterocycles. The van der Waals surface area contributed by atoms with Gasteiger partial charge in [-0.1, -0.05) is 18.5 Å². The standard InChI is InChI=1S/C30H39ClN4O4/c1-19-14-29(9-3-12-35(29)16-19)18-38-28-32-24-15-30(10-7-21-23(31)5-6-25(37)26(21)30)39-17-22(24)27(33-28)34-11-2-4-20(36)8-13-34/h5-6,19-20,36-37H,2-4,7-18H2,1H3/t19-,20?,29+,30?/m1/s1. The maximum Gasteiger partial charge on any atom is 0.318 e. The van der Waals surface area contributed by atoms with Gasteiger partial charge in [0.2, 0.25) is 0 Å². The molecular formula is C30H39ClN4O4. The van der Waals surface area contributed by atoms with Gasteiger partial charge in [-0.2, -0.15) is 9.97 Å². The molecule has 5 aliphatic rings. The minimum atomic E-state index is -0.656. The summed E-state index contributed by atoms with van der Waals surface area (Å²) in [6.07, 6.45) is 7.75. The molecule has 9 heteroatoms. The topological polar surface area (TPSA) is 91.2 Å². The van der Waals surface area contributed by atoms with Gasteiger partial charge in [0.05, 0.1) is 23.9 Å². The molecule has 3 fully saturated rings. The summed E-state index contributed by atoms with van der Waals surface area (Å²) in [4.78, 5) is 14.9. The first kappa shape index (κ1) is 25.8. The van der Waals surface area contributed by atoms with Crippen LogP contribution in [-0.4, -0.2) is 69.5 Å². The number of aliphatic hydroxyl groups excluding tert-OH is 1. The van der Waals surface area contributed by atoms with E-state index in [2.05, 4.69) is 16.7 Å². The molecule has 1 aliphatic carbocycles. The molecule has 4 atom stereocenters. The number of ether oxygens (including phenoxy) is 2. The van der Waals surface area contributed by atoms with Gasteiger partial charge in [-0.15, -0.1) is 0 Å². The molecule has 0 radical (unpaired) electrons. The Hall–Kier alpha value is -2.13. The number of phenolic OH excluding ortho intramolecular Hbond substituents is 1. The second-order valence-electron chi connectivity index (χ2n) is 12.6. The van der Waals surface area contributed by atoms with Crippen molar-refractivity contribution >= 4 is 17.4 Å². The zero-order valence-electron chi connectivity index (χ0n) is 22.8. The maximum absolute atomic E-state index is 10.9. The van der Waals surface area contributed by atoms with Gasteiger partial charge < -0.3 is 24.6 Å². The Morgan fingerprint density at radius 1 is 1.13 bits per heavy atom. The number of phenols is 1. The zero-order valence-corrected chi connectivity index (χ0v) is 23.5. The van der Waals surface area contributed by atoms with Crippen molar-refractivity contribution in [2.45, 2.75) is 88.6 Å². The fraction of sp³-hybridized carbons (Fsp3) is 0.667. The normalized spacial score (nSPS) is 32.2. The van der Waals surface area contributed by atoms with Crippen LogP contribution >= 0.6 is 11.6 Å². The lowest BCUT2D eigenvalue weighted by atomic mass is 9.86. The average Bonchev–Trinajstić information content (AvgIpc) is 3.51. The van der Waals surface area contributed by atoms with Crippen molar-refractivity contribution in [1.82, 2.24) is 14.9 Å². The lowest BCUT2D eigenvalue weighted by Gasteiger charge is -2.37. The van der Waals surface area contributed by atoms with Crippen molar-refractivity contribution in [1.29, 1.82) is 0 Å². The van der Waals surface area contributed by atoms with Crippen LogP contribution in [0.15, 0.2) is 12.1 Å². The van der Waals surface area contributed by atoms with Gasteiger partial charge >= 0.3 is 6.01 Å². The highest BCUT2D eigenvalue weighted by atomic mass is 35.5. The van der Waals surface area contributed by atoms with Crippen LogP contribution in [0.25, 0.3) is 0 Å². The van der Waals surface area contributed by atoms with E-state index in [-0.39, 0.29) is 17.4 Å². The summed E-state index contributed by atoms with van der Waals surface area (Å²) >= 11 is 6.54. The Morgan fingerprint density at radius 2 is 2.03 bits per heavy atom. The quantitative estimate of drug-likeness (QED) is 0.576. The van der Waals surface area contributed by atoms with Crippen molar-refractivity contribution in [3.05, 3.63) is 39.5 Å². The van der Waals surface area contributed by atoms with Crippen molar-refractivity contribution in [2.24, 2.45) is 5.92 Å². The second-order valence-corrected chi connectivity index (χ2v) is 13.0. The molecule has 5 heterocycles. The van der Waals surface area contributed by atoms with Crippen LogP contribution in [0.4, 0.5) is 5.82 Å². The largest absolute Gasteiger partial charge is 0.508 e. The second kappa shape index (κ2) is 9.75. The van der Waals surface area contributed by atoms with Crippen molar-refractivity contribution in [3.63, 3.8) is 0 Å². The third kappa shape index (κ3) is 4.39. The highest BCUT2D eigenvalue weighted by molar-refractivity contribution is 6.31. The first-order chi connectivity index (χ1) is 18.9. The third-order valence-corrected chi connectivity index (χ3v) is 10.3. The number of halogens is 1. The van der Waals surface area contributed by atoms with Crippen LogP contribution in [0.5, 0.6) is 11.8 Å². The first-order valence-electron chi connectivity index (χ1n) is 14.7. The van der Waals surface area contributed by atoms with E-state index < -0.39 is 5.60 Å². The third-order valence-electron chi connectivity index (χ3n) is 9.93. The maximum atomic E-state index is 10.9. The summed E-state index contributed by atoms with van der Waals surface area (Å²) < 4.78 is 13.1. The van der Waals surface area contributed by atoms with Gasteiger partial charge in [-0.25, -0.2) is 0 Å². The molecule has 4 aliphatic heterocycles. The number of hydrogen-bond donors (Lipinski definition) is 2. The van der Waals surface area contributed by atoms with Gasteiger partial charge in [0.1, 0.15) is 23.8 Å². The molecule has 1 aromatic carbocycles. The van der Waals surface area contributed by atoms with Gasteiger partial charge in [-0.05, 0) is 81.5 Å². The summed E-state index contributed by atoms with van der Waals surface area (Å²) in [6, 6.07) is 3.87. The highest BCUT2D eigenvalue weighted by Crippen LogP contribution is 2.52. The number of hydrogen-bond acceptors (Lipinski definition) is 8. The molecule has 0 bridgehead atoms. The fourth-order valence-corrected chi connectivity index (χ4v) is 8.35. The number of aromatic hydroxyl groups is 1.